The summed E-state index contributed by atoms with van der Waals surface area (Å²) >= 11 is 0. The second-order valence-corrected chi connectivity index (χ2v) is 5.09. The molecule has 0 saturated heterocycles. The molecule has 0 spiro atoms. The van der Waals surface area contributed by atoms with E-state index in [0.29, 0.717) is 0 Å². The number of alkyl carbamates (subject to hydrolysis) is 1. The van der Waals surface area contributed by atoms with Crippen LogP contribution in [0.15, 0.2) is 0 Å². The molecule has 2 bridgehead atoms. The van der Waals surface area contributed by atoms with Crippen molar-refractivity contribution in [2.45, 2.75) is 37.6 Å². The van der Waals surface area contributed by atoms with Crippen LogP contribution in [-0.4, -0.2) is 18.7 Å². The molecule has 3 rings (SSSR count). The van der Waals surface area contributed by atoms with Crippen molar-refractivity contribution in [2.24, 2.45) is 17.8 Å². The van der Waals surface area contributed by atoms with Gasteiger partial charge in [0.25, 0.3) is 0 Å². The summed E-state index contributed by atoms with van der Waals surface area (Å²) in [5.41, 5.74) is 0.153. The molecule has 3 nitrogen and oxygen atoms in total. The maximum Gasteiger partial charge on any atom is 0.407 e. The highest BCUT2D eigenvalue weighted by Crippen LogP contribution is 2.66. The minimum atomic E-state index is -0.238. The summed E-state index contributed by atoms with van der Waals surface area (Å²) in [4.78, 5) is 11.3. The van der Waals surface area contributed by atoms with Crippen LogP contribution in [-0.2, 0) is 4.74 Å². The van der Waals surface area contributed by atoms with E-state index < -0.39 is 0 Å². The lowest BCUT2D eigenvalue weighted by molar-refractivity contribution is 0.158. The molecule has 3 aliphatic carbocycles. The Labute approximate surface area is 84.2 Å². The van der Waals surface area contributed by atoms with Crippen LogP contribution in [0.2, 0.25) is 0 Å². The minimum absolute atomic E-state index is 0.153. The fourth-order valence-corrected chi connectivity index (χ4v) is 3.89. The number of carbonyl (C=O) groups excluding carboxylic acids is 1. The molecule has 1 N–H and O–H groups in total. The molecule has 3 fully saturated rings. The fourth-order valence-electron chi connectivity index (χ4n) is 3.89. The molecule has 4 unspecified atom stereocenters. The number of hydrogen-bond donors (Lipinski definition) is 1. The third-order valence-electron chi connectivity index (χ3n) is 4.66. The minimum Gasteiger partial charge on any atom is -0.453 e. The Bertz CT molecular complexity index is 272. The number of hydrogen-bond acceptors (Lipinski definition) is 2. The third kappa shape index (κ3) is 0.956. The van der Waals surface area contributed by atoms with Crippen LogP contribution >= 0.6 is 0 Å². The normalized spacial score (nSPS) is 48.2. The molecule has 0 aromatic heterocycles. The molecule has 3 heteroatoms. The lowest BCUT2D eigenvalue weighted by atomic mass is 9.83. The van der Waals surface area contributed by atoms with Gasteiger partial charge in [-0.25, -0.2) is 4.79 Å². The zero-order valence-electron chi connectivity index (χ0n) is 8.58. The van der Waals surface area contributed by atoms with E-state index in [1.54, 1.807) is 0 Å². The van der Waals surface area contributed by atoms with E-state index in [1.807, 2.05) is 0 Å². The Balaban J connectivity index is 1.76. The molecule has 3 saturated carbocycles. The van der Waals surface area contributed by atoms with Gasteiger partial charge >= 0.3 is 6.09 Å². The van der Waals surface area contributed by atoms with Crippen LogP contribution < -0.4 is 5.32 Å². The second-order valence-electron chi connectivity index (χ2n) is 5.09. The van der Waals surface area contributed by atoms with Crippen LogP contribution in [0.3, 0.4) is 0 Å². The number of rotatable bonds is 1. The van der Waals surface area contributed by atoms with Gasteiger partial charge in [-0.3, -0.25) is 0 Å². The van der Waals surface area contributed by atoms with Crippen LogP contribution in [0, 0.1) is 17.8 Å². The van der Waals surface area contributed by atoms with Crippen molar-refractivity contribution >= 4 is 6.09 Å². The Hall–Kier alpha value is -0.730. The first-order valence-corrected chi connectivity index (χ1v) is 5.62. The average molecular weight is 195 g/mol. The van der Waals surface area contributed by atoms with Crippen LogP contribution in [0.1, 0.15) is 32.1 Å². The van der Waals surface area contributed by atoms with Gasteiger partial charge in [0.15, 0.2) is 0 Å². The second kappa shape index (κ2) is 2.65. The fraction of sp³-hybridized carbons (Fsp3) is 0.909. The van der Waals surface area contributed by atoms with E-state index in [9.17, 15) is 4.79 Å². The number of carbonyl (C=O) groups is 1. The van der Waals surface area contributed by atoms with E-state index in [0.717, 1.165) is 17.8 Å². The molecule has 14 heavy (non-hydrogen) atoms. The molecule has 0 radical (unpaired) electrons. The predicted molar refractivity (Wildman–Crippen MR) is 51.8 cm³/mol. The Morgan fingerprint density at radius 3 is 3.00 bits per heavy atom. The van der Waals surface area contributed by atoms with Gasteiger partial charge in [-0.1, -0.05) is 6.42 Å². The maximum absolute atomic E-state index is 11.3. The number of nitrogens with one attached hydrogen (secondary N) is 1. The Kier molecular flexibility index (Phi) is 1.62. The van der Waals surface area contributed by atoms with Gasteiger partial charge in [-0.05, 0) is 43.4 Å². The smallest absolute Gasteiger partial charge is 0.407 e. The average Bonchev–Trinajstić information content (AvgIpc) is 2.89. The number of methoxy groups -OCH3 is 1. The summed E-state index contributed by atoms with van der Waals surface area (Å²) in [6.07, 6.45) is 6.29. The molecule has 1 amide bonds. The largest absolute Gasteiger partial charge is 0.453 e. The van der Waals surface area contributed by atoms with E-state index in [-0.39, 0.29) is 11.6 Å². The maximum atomic E-state index is 11.3. The van der Waals surface area contributed by atoms with E-state index in [4.69, 9.17) is 4.74 Å². The molecule has 0 aromatic carbocycles. The topological polar surface area (TPSA) is 38.3 Å². The molecule has 4 atom stereocenters. The van der Waals surface area contributed by atoms with Crippen LogP contribution in [0.25, 0.3) is 0 Å². The van der Waals surface area contributed by atoms with Crippen molar-refractivity contribution in [3.8, 4) is 0 Å². The Morgan fingerprint density at radius 2 is 2.21 bits per heavy atom. The lowest BCUT2D eigenvalue weighted by Crippen LogP contribution is -2.41. The van der Waals surface area contributed by atoms with Gasteiger partial charge in [0.2, 0.25) is 0 Å². The standard InChI is InChI=1S/C11H17NO2/c1-14-10(13)12-11-5-4-7-2-3-8(11)9(11)6-7/h7-9H,2-6H2,1H3,(H,12,13). The van der Waals surface area contributed by atoms with Crippen molar-refractivity contribution in [2.75, 3.05) is 7.11 Å². The Morgan fingerprint density at radius 1 is 1.36 bits per heavy atom. The van der Waals surface area contributed by atoms with Gasteiger partial charge in [-0.15, -0.1) is 0 Å². The van der Waals surface area contributed by atoms with Gasteiger partial charge in [-0.2, -0.15) is 0 Å². The molecule has 0 aromatic rings. The van der Waals surface area contributed by atoms with Gasteiger partial charge < -0.3 is 10.1 Å². The third-order valence-corrected chi connectivity index (χ3v) is 4.66. The number of amides is 1. The van der Waals surface area contributed by atoms with Crippen LogP contribution in [0.4, 0.5) is 4.79 Å². The molecule has 3 aliphatic rings. The zero-order chi connectivity index (χ0) is 9.76. The molecular weight excluding hydrogens is 178 g/mol. The molecule has 0 heterocycles. The first kappa shape index (κ1) is 8.57. The van der Waals surface area contributed by atoms with Crippen molar-refractivity contribution < 1.29 is 9.53 Å². The van der Waals surface area contributed by atoms with Crippen molar-refractivity contribution in [3.05, 3.63) is 0 Å². The van der Waals surface area contributed by atoms with E-state index in [1.165, 1.54) is 39.2 Å². The highest BCUT2D eigenvalue weighted by atomic mass is 16.5. The highest BCUT2D eigenvalue weighted by molar-refractivity contribution is 5.69. The lowest BCUT2D eigenvalue weighted by Gasteiger charge is -2.27. The van der Waals surface area contributed by atoms with Gasteiger partial charge in [0, 0.05) is 5.54 Å². The van der Waals surface area contributed by atoms with Crippen molar-refractivity contribution in [3.63, 3.8) is 0 Å². The summed E-state index contributed by atoms with van der Waals surface area (Å²) in [6, 6.07) is 0. The summed E-state index contributed by atoms with van der Waals surface area (Å²) in [5, 5.41) is 3.09. The first-order chi connectivity index (χ1) is 6.76. The molecule has 78 valence electrons. The summed E-state index contributed by atoms with van der Waals surface area (Å²) < 4.78 is 4.70. The SMILES string of the molecule is COC(=O)NC12CCC3CCC1C2C3. The number of fused-ring (bicyclic) bond motifs is 2. The van der Waals surface area contributed by atoms with Gasteiger partial charge in [0.1, 0.15) is 0 Å². The molecule has 0 aliphatic heterocycles. The van der Waals surface area contributed by atoms with E-state index >= 15 is 0 Å². The highest BCUT2D eigenvalue weighted by Gasteiger charge is 2.68. The van der Waals surface area contributed by atoms with E-state index in [2.05, 4.69) is 5.32 Å². The summed E-state index contributed by atoms with van der Waals surface area (Å²) in [7, 11) is 1.45. The number of ether oxygens (including phenoxy) is 1. The van der Waals surface area contributed by atoms with Crippen LogP contribution in [0.5, 0.6) is 0 Å². The monoisotopic (exact) mass is 195 g/mol. The predicted octanol–water partition coefficient (Wildman–Crippen LogP) is 1.92. The summed E-state index contributed by atoms with van der Waals surface area (Å²) in [6.45, 7) is 0. The summed E-state index contributed by atoms with van der Waals surface area (Å²) in [5.74, 6) is 2.49. The van der Waals surface area contributed by atoms with Crippen molar-refractivity contribution in [1.82, 2.24) is 5.32 Å². The van der Waals surface area contributed by atoms with Crippen molar-refractivity contribution in [1.29, 1.82) is 0 Å². The quantitative estimate of drug-likeness (QED) is 0.694. The molecular formula is C11H17NO2. The first-order valence-electron chi connectivity index (χ1n) is 5.62. The zero-order valence-corrected chi connectivity index (χ0v) is 8.58. The van der Waals surface area contributed by atoms with Gasteiger partial charge in [0.05, 0.1) is 7.11 Å².